The van der Waals surface area contributed by atoms with E-state index in [1.165, 1.54) is 5.06 Å². The van der Waals surface area contributed by atoms with Crippen molar-refractivity contribution >= 4 is 5.91 Å². The number of nitrogens with two attached hydrogens (primary N) is 1. The normalized spacial score (nSPS) is 35.5. The van der Waals surface area contributed by atoms with Crippen molar-refractivity contribution in [2.24, 2.45) is 5.73 Å². The molecule has 2 aliphatic heterocycles. The molecule has 2 saturated heterocycles. The van der Waals surface area contributed by atoms with E-state index in [4.69, 9.17) is 15.3 Å². The molecule has 2 atom stereocenters. The zero-order valence-electron chi connectivity index (χ0n) is 7.44. The SMILES string of the molecule is NC1CON(C2CCCOC2)C1=O. The molecule has 2 heterocycles. The van der Waals surface area contributed by atoms with Crippen molar-refractivity contribution in [1.82, 2.24) is 5.06 Å². The number of rotatable bonds is 1. The van der Waals surface area contributed by atoms with Crippen molar-refractivity contribution in [3.8, 4) is 0 Å². The summed E-state index contributed by atoms with van der Waals surface area (Å²) in [7, 11) is 0. The predicted molar refractivity (Wildman–Crippen MR) is 44.6 cm³/mol. The van der Waals surface area contributed by atoms with Gasteiger partial charge in [0.05, 0.1) is 19.3 Å². The molecule has 13 heavy (non-hydrogen) atoms. The first-order valence-electron chi connectivity index (χ1n) is 4.58. The van der Waals surface area contributed by atoms with Gasteiger partial charge < -0.3 is 10.5 Å². The molecule has 0 saturated carbocycles. The minimum atomic E-state index is -0.484. The molecule has 1 amide bonds. The van der Waals surface area contributed by atoms with E-state index in [1.807, 2.05) is 0 Å². The van der Waals surface area contributed by atoms with Crippen LogP contribution >= 0.6 is 0 Å². The lowest BCUT2D eigenvalue weighted by Gasteiger charge is -2.29. The summed E-state index contributed by atoms with van der Waals surface area (Å²) in [4.78, 5) is 16.6. The van der Waals surface area contributed by atoms with Crippen molar-refractivity contribution < 1.29 is 14.4 Å². The third-order valence-electron chi connectivity index (χ3n) is 2.40. The number of carbonyl (C=O) groups is 1. The highest BCUT2D eigenvalue weighted by molar-refractivity contribution is 5.82. The van der Waals surface area contributed by atoms with Gasteiger partial charge in [-0.2, -0.15) is 0 Å². The Kier molecular flexibility index (Phi) is 2.48. The molecule has 2 N–H and O–H groups in total. The van der Waals surface area contributed by atoms with Gasteiger partial charge in [-0.25, -0.2) is 5.06 Å². The second-order valence-corrected chi connectivity index (χ2v) is 3.44. The number of carbonyl (C=O) groups excluding carboxylic acids is 1. The molecule has 0 aliphatic carbocycles. The molecule has 0 aromatic carbocycles. The monoisotopic (exact) mass is 186 g/mol. The first kappa shape index (κ1) is 8.93. The standard InChI is InChI=1S/C8H14N2O3/c9-7-5-13-10(8(7)11)6-2-1-3-12-4-6/h6-7H,1-5,9H2. The largest absolute Gasteiger partial charge is 0.379 e. The van der Waals surface area contributed by atoms with Crippen LogP contribution in [0.25, 0.3) is 0 Å². The Morgan fingerprint density at radius 1 is 1.46 bits per heavy atom. The van der Waals surface area contributed by atoms with Gasteiger partial charge in [0.25, 0.3) is 5.91 Å². The zero-order chi connectivity index (χ0) is 9.26. The van der Waals surface area contributed by atoms with Gasteiger partial charge in [-0.3, -0.25) is 9.63 Å². The lowest BCUT2D eigenvalue weighted by Crippen LogP contribution is -2.44. The van der Waals surface area contributed by atoms with Gasteiger partial charge in [0, 0.05) is 6.61 Å². The highest BCUT2D eigenvalue weighted by Crippen LogP contribution is 2.18. The van der Waals surface area contributed by atoms with Crippen molar-refractivity contribution in [3.63, 3.8) is 0 Å². The van der Waals surface area contributed by atoms with Crippen molar-refractivity contribution in [2.75, 3.05) is 19.8 Å². The number of ether oxygens (including phenoxy) is 1. The topological polar surface area (TPSA) is 64.8 Å². The van der Waals surface area contributed by atoms with Gasteiger partial charge in [0.1, 0.15) is 6.04 Å². The lowest BCUT2D eigenvalue weighted by atomic mass is 10.1. The summed E-state index contributed by atoms with van der Waals surface area (Å²) in [6.07, 6.45) is 1.92. The van der Waals surface area contributed by atoms with Gasteiger partial charge in [0.15, 0.2) is 0 Å². The van der Waals surface area contributed by atoms with Crippen LogP contribution in [0.3, 0.4) is 0 Å². The maximum absolute atomic E-state index is 11.4. The van der Waals surface area contributed by atoms with E-state index in [0.717, 1.165) is 19.4 Å². The molecule has 0 bridgehead atoms. The Bertz CT molecular complexity index is 204. The molecule has 5 nitrogen and oxygen atoms in total. The summed E-state index contributed by atoms with van der Waals surface area (Å²) in [5.41, 5.74) is 5.52. The van der Waals surface area contributed by atoms with Crippen molar-refractivity contribution in [1.29, 1.82) is 0 Å². The van der Waals surface area contributed by atoms with Crippen LogP contribution in [0.2, 0.25) is 0 Å². The van der Waals surface area contributed by atoms with E-state index < -0.39 is 6.04 Å². The number of hydrogen-bond donors (Lipinski definition) is 1. The fourth-order valence-electron chi connectivity index (χ4n) is 1.65. The lowest BCUT2D eigenvalue weighted by molar-refractivity contribution is -0.185. The molecule has 0 radical (unpaired) electrons. The summed E-state index contributed by atoms with van der Waals surface area (Å²) >= 11 is 0. The summed E-state index contributed by atoms with van der Waals surface area (Å²) in [5.74, 6) is -0.115. The molecule has 2 aliphatic rings. The van der Waals surface area contributed by atoms with Crippen LogP contribution in [0, 0.1) is 0 Å². The summed E-state index contributed by atoms with van der Waals surface area (Å²) in [6, 6.07) is -0.420. The molecule has 2 fully saturated rings. The Balaban J connectivity index is 1.96. The first-order chi connectivity index (χ1) is 6.29. The highest BCUT2D eigenvalue weighted by Gasteiger charge is 2.36. The molecule has 5 heteroatoms. The smallest absolute Gasteiger partial charge is 0.265 e. The molecule has 0 spiro atoms. The van der Waals surface area contributed by atoms with Crippen molar-refractivity contribution in [3.05, 3.63) is 0 Å². The number of hydrogen-bond acceptors (Lipinski definition) is 4. The van der Waals surface area contributed by atoms with E-state index in [1.54, 1.807) is 0 Å². The van der Waals surface area contributed by atoms with E-state index in [9.17, 15) is 4.79 Å². The van der Waals surface area contributed by atoms with Crippen LogP contribution < -0.4 is 5.73 Å². The van der Waals surface area contributed by atoms with Gasteiger partial charge in [-0.15, -0.1) is 0 Å². The van der Waals surface area contributed by atoms with Crippen LogP contribution in [0.1, 0.15) is 12.8 Å². The van der Waals surface area contributed by atoms with E-state index in [2.05, 4.69) is 0 Å². The fourth-order valence-corrected chi connectivity index (χ4v) is 1.65. The van der Waals surface area contributed by atoms with E-state index in [0.29, 0.717) is 13.2 Å². The minimum absolute atomic E-state index is 0.0646. The van der Waals surface area contributed by atoms with Gasteiger partial charge in [0.2, 0.25) is 0 Å². The minimum Gasteiger partial charge on any atom is -0.379 e. The maximum Gasteiger partial charge on any atom is 0.265 e. The third kappa shape index (κ3) is 1.67. The molecule has 2 unspecified atom stereocenters. The Morgan fingerprint density at radius 3 is 2.85 bits per heavy atom. The Hall–Kier alpha value is -0.650. The Labute approximate surface area is 76.7 Å². The number of hydroxylamine groups is 2. The summed E-state index contributed by atoms with van der Waals surface area (Å²) in [5, 5.41) is 1.39. The second-order valence-electron chi connectivity index (χ2n) is 3.44. The quantitative estimate of drug-likeness (QED) is 0.586. The van der Waals surface area contributed by atoms with Crippen molar-refractivity contribution in [2.45, 2.75) is 24.9 Å². The number of nitrogens with zero attached hydrogens (tertiary/aromatic N) is 1. The molecular formula is C8H14N2O3. The Morgan fingerprint density at radius 2 is 2.31 bits per heavy atom. The van der Waals surface area contributed by atoms with E-state index in [-0.39, 0.29) is 11.9 Å². The second kappa shape index (κ2) is 3.61. The van der Waals surface area contributed by atoms with Crippen LogP contribution in [0.4, 0.5) is 0 Å². The van der Waals surface area contributed by atoms with E-state index >= 15 is 0 Å². The maximum atomic E-state index is 11.4. The third-order valence-corrected chi connectivity index (χ3v) is 2.40. The highest BCUT2D eigenvalue weighted by atomic mass is 16.7. The fraction of sp³-hybridized carbons (Fsp3) is 0.875. The number of amides is 1. The van der Waals surface area contributed by atoms with Gasteiger partial charge >= 0.3 is 0 Å². The van der Waals surface area contributed by atoms with Crippen LogP contribution in [0.5, 0.6) is 0 Å². The average molecular weight is 186 g/mol. The van der Waals surface area contributed by atoms with Gasteiger partial charge in [-0.1, -0.05) is 0 Å². The predicted octanol–water partition coefficient (Wildman–Crippen LogP) is -0.734. The molecule has 0 aromatic heterocycles. The molecule has 74 valence electrons. The summed E-state index contributed by atoms with van der Waals surface area (Å²) in [6.45, 7) is 1.65. The zero-order valence-corrected chi connectivity index (χ0v) is 7.44. The molecule has 0 aromatic rings. The van der Waals surface area contributed by atoms with Gasteiger partial charge in [-0.05, 0) is 12.8 Å². The van der Waals surface area contributed by atoms with Crippen LogP contribution in [-0.2, 0) is 14.4 Å². The van der Waals surface area contributed by atoms with Crippen LogP contribution in [-0.4, -0.2) is 42.9 Å². The molecular weight excluding hydrogens is 172 g/mol. The molecule has 2 rings (SSSR count). The first-order valence-corrected chi connectivity index (χ1v) is 4.58. The van der Waals surface area contributed by atoms with Crippen LogP contribution in [0.15, 0.2) is 0 Å². The average Bonchev–Trinajstić information content (AvgIpc) is 2.49. The summed E-state index contributed by atoms with van der Waals surface area (Å²) < 4.78 is 5.26.